The Morgan fingerprint density at radius 3 is 0.784 bits per heavy atom. The minimum Gasteiger partial charge on any atom is -0.204 e. The Bertz CT molecular complexity index is 4900. The number of hydrogen-bond donors (Lipinski definition) is 0. The standard InChI is InChI=1S/C72H32Br4F22S4/c1-3-5-7-9-11-27-25-29(13-15-33-51(79)55(83)35(56(84)52(33)80)19-17-31-49(77)45(73)41(61(89)59(31)87)43-47(75)65(93)69(97)67(95)63(43)91)99-71(27)39-23-21-37(101-39)38-22-24-40(102-38)72-28(12-10-8-6-4-2)26-30(100-72)14-16-34-53(81)57(85)36(58(86)54(34)82)20-18-32-50(78)46(74)42(62(90)60(32)88)44-48(76)66(94)70(98)68(96)64(44)92/h21-26H,3-12H2,1-2H3. The Morgan fingerprint density at radius 1 is 0.255 bits per heavy atom. The topological polar surface area (TPSA) is 0 Å². The molecule has 0 aliphatic carbocycles. The monoisotopic (exact) mass is 1760 g/mol. The molecular formula is C72H32Br4F22S4. The molecule has 0 spiro atoms. The van der Waals surface area contributed by atoms with E-state index >= 15 is 61.5 Å². The molecule has 6 aromatic carbocycles. The van der Waals surface area contributed by atoms with Crippen LogP contribution in [0.1, 0.15) is 119 Å². The number of unbranched alkanes of at least 4 members (excludes halogenated alkanes) is 6. The molecule has 4 heterocycles. The molecule has 526 valence electrons. The lowest BCUT2D eigenvalue weighted by Gasteiger charge is -2.14. The molecule has 0 nitrogen and oxygen atoms in total. The molecule has 0 bridgehead atoms. The van der Waals surface area contributed by atoms with Crippen LogP contribution in [0.15, 0.2) is 54.3 Å². The lowest BCUT2D eigenvalue weighted by atomic mass is 10.00. The number of thiophene rings is 4. The summed E-state index contributed by atoms with van der Waals surface area (Å²) >= 11 is 14.7. The molecule has 30 heteroatoms. The summed E-state index contributed by atoms with van der Waals surface area (Å²) in [6.07, 6.45) is 7.66. The van der Waals surface area contributed by atoms with Gasteiger partial charge in [-0.05, 0) is 137 Å². The third-order valence-electron chi connectivity index (χ3n) is 15.3. The summed E-state index contributed by atoms with van der Waals surface area (Å²) in [6, 6.07) is 10.6. The van der Waals surface area contributed by atoms with Crippen molar-refractivity contribution in [3.63, 3.8) is 0 Å². The van der Waals surface area contributed by atoms with Gasteiger partial charge in [0.05, 0.1) is 27.6 Å². The van der Waals surface area contributed by atoms with E-state index in [0.29, 0.717) is 35.4 Å². The van der Waals surface area contributed by atoms with E-state index < -0.39 is 202 Å². The van der Waals surface area contributed by atoms with E-state index in [-0.39, 0.29) is 9.75 Å². The van der Waals surface area contributed by atoms with Gasteiger partial charge in [-0.1, -0.05) is 99.7 Å². The molecule has 0 unspecified atom stereocenters. The van der Waals surface area contributed by atoms with Crippen LogP contribution in [0.2, 0.25) is 0 Å². The number of halogens is 26. The van der Waals surface area contributed by atoms with Crippen molar-refractivity contribution >= 4 is 109 Å². The molecule has 0 N–H and O–H groups in total. The van der Waals surface area contributed by atoms with Gasteiger partial charge in [0.25, 0.3) is 0 Å². The van der Waals surface area contributed by atoms with Crippen molar-refractivity contribution < 1.29 is 96.6 Å². The van der Waals surface area contributed by atoms with Crippen molar-refractivity contribution in [1.82, 2.24) is 0 Å². The first-order chi connectivity index (χ1) is 48.4. The van der Waals surface area contributed by atoms with Gasteiger partial charge in [0.2, 0.25) is 0 Å². The first-order valence-corrected chi connectivity index (χ1v) is 35.8. The molecule has 0 aliphatic rings. The van der Waals surface area contributed by atoms with Crippen LogP contribution in [0.3, 0.4) is 0 Å². The Labute approximate surface area is 614 Å². The second-order valence-electron chi connectivity index (χ2n) is 21.8. The SMILES string of the molecule is CCCCCCc1cc(C#Cc2c(F)c(F)c(C#Cc3c(F)c(F)c(-c4c(F)c(F)c(F)c(F)c4Br)c(Br)c3F)c(F)c2F)sc1-c1ccc(-c2ccc(-c3sc(C#Cc4c(F)c(F)c(C#Cc5c(F)c(F)c(-c6c(F)c(F)c(F)c(F)c6Br)c(Br)c5F)c(F)c4F)cc3CCCCCC)s2)s1. The van der Waals surface area contributed by atoms with Crippen LogP contribution < -0.4 is 0 Å². The minimum atomic E-state index is -2.48. The summed E-state index contributed by atoms with van der Waals surface area (Å²) in [7, 11) is 0. The maximum Gasteiger partial charge on any atom is 0.198 e. The Hall–Kier alpha value is -7.26. The summed E-state index contributed by atoms with van der Waals surface area (Å²) in [5.74, 6) is -33.1. The molecule has 0 atom stereocenters. The quantitative estimate of drug-likeness (QED) is 0.0315. The molecule has 0 aliphatic heterocycles. The van der Waals surface area contributed by atoms with Gasteiger partial charge < -0.3 is 0 Å². The van der Waals surface area contributed by atoms with E-state index in [4.69, 9.17) is 0 Å². The zero-order chi connectivity index (χ0) is 74.4. The first kappa shape index (κ1) is 77.4. The van der Waals surface area contributed by atoms with Crippen LogP contribution >= 0.6 is 109 Å². The fourth-order valence-corrected chi connectivity index (χ4v) is 17.0. The average molecular weight is 1760 g/mol. The van der Waals surface area contributed by atoms with Gasteiger partial charge in [0.1, 0.15) is 33.4 Å². The first-order valence-electron chi connectivity index (χ1n) is 29.4. The number of benzene rings is 6. The normalized spacial score (nSPS) is 11.2. The smallest absolute Gasteiger partial charge is 0.198 e. The van der Waals surface area contributed by atoms with Gasteiger partial charge >= 0.3 is 0 Å². The number of aryl methyl sites for hydroxylation is 2. The van der Waals surface area contributed by atoms with Crippen molar-refractivity contribution in [2.45, 2.75) is 78.1 Å². The van der Waals surface area contributed by atoms with Gasteiger partial charge in [0.15, 0.2) is 128 Å². The highest BCUT2D eigenvalue weighted by Gasteiger charge is 2.35. The molecule has 0 fully saturated rings. The molecule has 0 amide bonds. The summed E-state index contributed by atoms with van der Waals surface area (Å²) in [6.45, 7) is 4.01. The molecule has 10 aromatic rings. The zero-order valence-corrected chi connectivity index (χ0v) is 60.6. The predicted octanol–water partition coefficient (Wildman–Crippen LogP) is 26.2. The van der Waals surface area contributed by atoms with Gasteiger partial charge in [-0.25, -0.2) is 96.6 Å². The Morgan fingerprint density at radius 2 is 0.490 bits per heavy atom. The maximum atomic E-state index is 15.7. The van der Waals surface area contributed by atoms with Crippen molar-refractivity contribution in [1.29, 1.82) is 0 Å². The van der Waals surface area contributed by atoms with Crippen molar-refractivity contribution in [3.05, 3.63) is 237 Å². The molecule has 102 heavy (non-hydrogen) atoms. The van der Waals surface area contributed by atoms with Crippen LogP contribution in [0.4, 0.5) is 96.6 Å². The Balaban J connectivity index is 0.924. The predicted molar refractivity (Wildman–Crippen MR) is 360 cm³/mol. The highest BCUT2D eigenvalue weighted by atomic mass is 79.9. The van der Waals surface area contributed by atoms with Gasteiger partial charge in [-0.3, -0.25) is 0 Å². The van der Waals surface area contributed by atoms with Gasteiger partial charge in [-0.15, -0.1) is 45.3 Å². The minimum absolute atomic E-state index is 0.198. The van der Waals surface area contributed by atoms with E-state index in [1.165, 1.54) is 46.4 Å². The van der Waals surface area contributed by atoms with E-state index in [2.05, 4.69) is 87.4 Å². The van der Waals surface area contributed by atoms with Gasteiger partial charge in [0, 0.05) is 51.5 Å². The lowest BCUT2D eigenvalue weighted by Crippen LogP contribution is -2.07. The zero-order valence-electron chi connectivity index (χ0n) is 51.0. The summed E-state index contributed by atoms with van der Waals surface area (Å²) in [5.41, 5.74) is -14.1. The summed E-state index contributed by atoms with van der Waals surface area (Å²) in [4.78, 5) is 4.75. The third-order valence-corrected chi connectivity index (χ3v) is 23.2. The molecule has 0 radical (unpaired) electrons. The van der Waals surface area contributed by atoms with Crippen LogP contribution in [-0.2, 0) is 12.8 Å². The van der Waals surface area contributed by atoms with Crippen LogP contribution in [0.5, 0.6) is 0 Å². The summed E-state index contributed by atoms with van der Waals surface area (Å²) in [5, 5.41) is 0. The average Bonchev–Trinajstić information content (AvgIpc) is 1.08. The molecule has 0 saturated carbocycles. The third kappa shape index (κ3) is 14.7. The summed E-state index contributed by atoms with van der Waals surface area (Å²) < 4.78 is 328. The molecular weight excluding hydrogens is 1730 g/mol. The van der Waals surface area contributed by atoms with Gasteiger partial charge in [-0.2, -0.15) is 0 Å². The maximum absolute atomic E-state index is 15.7. The van der Waals surface area contributed by atoms with Crippen LogP contribution in [-0.4, -0.2) is 0 Å². The second-order valence-corrected chi connectivity index (χ2v) is 29.2. The fourth-order valence-electron chi connectivity index (χ4n) is 10.2. The highest BCUT2D eigenvalue weighted by molar-refractivity contribution is 9.11. The molecule has 4 aromatic heterocycles. The molecule has 10 rings (SSSR count). The van der Waals surface area contributed by atoms with Crippen LogP contribution in [0, 0.1) is 175 Å². The lowest BCUT2D eigenvalue weighted by molar-refractivity contribution is 0.407. The second kappa shape index (κ2) is 32.0. The van der Waals surface area contributed by atoms with Crippen molar-refractivity contribution in [3.8, 4) is 98.9 Å². The van der Waals surface area contributed by atoms with E-state index in [1.54, 1.807) is 12.1 Å². The number of hydrogen-bond acceptors (Lipinski definition) is 4. The van der Waals surface area contributed by atoms with Crippen molar-refractivity contribution in [2.75, 3.05) is 0 Å². The fraction of sp³-hybridized carbons (Fsp3) is 0.167. The van der Waals surface area contributed by atoms with Crippen LogP contribution in [0.25, 0.3) is 51.5 Å². The number of rotatable bonds is 15. The van der Waals surface area contributed by atoms with E-state index in [1.807, 2.05) is 38.1 Å². The highest BCUT2D eigenvalue weighted by Crippen LogP contribution is 2.49. The molecule has 0 saturated heterocycles. The van der Waals surface area contributed by atoms with E-state index in [9.17, 15) is 35.1 Å². The largest absolute Gasteiger partial charge is 0.204 e. The Kier molecular flexibility index (Phi) is 24.3. The van der Waals surface area contributed by atoms with Crippen molar-refractivity contribution in [2.24, 2.45) is 0 Å². The van der Waals surface area contributed by atoms with E-state index in [0.717, 1.165) is 91.8 Å².